The van der Waals surface area contributed by atoms with Crippen molar-refractivity contribution in [2.75, 3.05) is 25.1 Å². The van der Waals surface area contributed by atoms with Crippen LogP contribution < -0.4 is 4.90 Å². The summed E-state index contributed by atoms with van der Waals surface area (Å²) in [6.07, 6.45) is 4.20. The summed E-state index contributed by atoms with van der Waals surface area (Å²) in [5.41, 5.74) is 0.728. The van der Waals surface area contributed by atoms with Crippen LogP contribution in [0.1, 0.15) is 17.8 Å². The van der Waals surface area contributed by atoms with Gasteiger partial charge in [0.25, 0.3) is 5.89 Å². The van der Waals surface area contributed by atoms with Crippen molar-refractivity contribution >= 4 is 5.82 Å². The lowest BCUT2D eigenvalue weighted by Crippen LogP contribution is -2.34. The van der Waals surface area contributed by atoms with E-state index in [1.165, 1.54) is 0 Å². The van der Waals surface area contributed by atoms with E-state index in [4.69, 9.17) is 14.4 Å². The molecule has 0 saturated carbocycles. The lowest BCUT2D eigenvalue weighted by atomic mass is 10.0. The van der Waals surface area contributed by atoms with Gasteiger partial charge >= 0.3 is 0 Å². The molecule has 1 unspecified atom stereocenters. The van der Waals surface area contributed by atoms with Crippen LogP contribution in [0.25, 0.3) is 11.6 Å². The second-order valence-electron chi connectivity index (χ2n) is 6.31. The van der Waals surface area contributed by atoms with Crippen LogP contribution in [0.15, 0.2) is 41.2 Å². The van der Waals surface area contributed by atoms with Crippen molar-refractivity contribution in [3.8, 4) is 23.4 Å². The van der Waals surface area contributed by atoms with E-state index in [2.05, 4.69) is 42.1 Å². The number of aromatic nitrogens is 5. The van der Waals surface area contributed by atoms with Gasteiger partial charge in [0.05, 0.1) is 6.54 Å². The Morgan fingerprint density at radius 2 is 2.25 bits per heavy atom. The maximum Gasteiger partial charge on any atom is 0.278 e. The number of nitrogens with zero attached hydrogens (tertiary/aromatic N) is 6. The van der Waals surface area contributed by atoms with Crippen LogP contribution in [0.4, 0.5) is 5.82 Å². The molecular weight excluding hydrogens is 360 g/mol. The number of ether oxygens (including phenoxy) is 1. The van der Waals surface area contributed by atoms with Crippen LogP contribution in [-0.2, 0) is 11.3 Å². The minimum Gasteiger partial charge on any atom is -0.388 e. The van der Waals surface area contributed by atoms with E-state index >= 15 is 0 Å². The third-order valence-corrected chi connectivity index (χ3v) is 4.52. The van der Waals surface area contributed by atoms with E-state index in [1.54, 1.807) is 25.6 Å². The van der Waals surface area contributed by atoms with Crippen LogP contribution in [0.3, 0.4) is 0 Å². The molecule has 3 aromatic rings. The van der Waals surface area contributed by atoms with Crippen molar-refractivity contribution in [1.29, 1.82) is 0 Å². The molecule has 4 heterocycles. The second-order valence-corrected chi connectivity index (χ2v) is 6.31. The normalized spacial score (nSPS) is 18.7. The van der Waals surface area contributed by atoms with Crippen LogP contribution in [0.2, 0.25) is 0 Å². The van der Waals surface area contributed by atoms with Crippen molar-refractivity contribution in [3.05, 3.63) is 48.0 Å². The van der Waals surface area contributed by atoms with Gasteiger partial charge in [0.1, 0.15) is 12.2 Å². The maximum atomic E-state index is 9.02. The minimum atomic E-state index is -0.571. The molecule has 0 aromatic carbocycles. The zero-order chi connectivity index (χ0) is 19.4. The number of aliphatic hydroxyl groups is 1. The van der Waals surface area contributed by atoms with Crippen molar-refractivity contribution < 1.29 is 14.4 Å². The number of hydrogen-bond acceptors (Lipinski definition) is 9. The predicted molar refractivity (Wildman–Crippen MR) is 98.9 cm³/mol. The monoisotopic (exact) mass is 378 g/mol. The molecule has 0 spiro atoms. The molecule has 0 aliphatic carbocycles. The Morgan fingerprint density at radius 1 is 1.32 bits per heavy atom. The van der Waals surface area contributed by atoms with Gasteiger partial charge in [-0.15, -0.1) is 10.2 Å². The fraction of sp³-hybridized carbons (Fsp3) is 0.316. The zero-order valence-electron chi connectivity index (χ0n) is 15.2. The highest BCUT2D eigenvalue weighted by Crippen LogP contribution is 2.28. The quantitative estimate of drug-likeness (QED) is 0.666. The van der Waals surface area contributed by atoms with Crippen LogP contribution >= 0.6 is 0 Å². The average molecular weight is 378 g/mol. The van der Waals surface area contributed by atoms with Gasteiger partial charge in [-0.05, 0) is 24.3 Å². The van der Waals surface area contributed by atoms with E-state index < -0.39 is 5.60 Å². The van der Waals surface area contributed by atoms with Crippen LogP contribution in [-0.4, -0.2) is 56.2 Å². The van der Waals surface area contributed by atoms with Crippen LogP contribution in [0.5, 0.6) is 0 Å². The van der Waals surface area contributed by atoms with E-state index in [0.717, 1.165) is 18.5 Å². The van der Waals surface area contributed by atoms with Gasteiger partial charge in [-0.25, -0.2) is 0 Å². The third kappa shape index (κ3) is 3.69. The van der Waals surface area contributed by atoms with E-state index in [9.17, 15) is 0 Å². The second kappa shape index (κ2) is 7.72. The van der Waals surface area contributed by atoms with E-state index in [0.29, 0.717) is 18.1 Å². The Hall–Kier alpha value is -3.35. The third-order valence-electron chi connectivity index (χ3n) is 4.52. The van der Waals surface area contributed by atoms with Crippen molar-refractivity contribution in [3.63, 3.8) is 0 Å². The summed E-state index contributed by atoms with van der Waals surface area (Å²) in [5, 5.41) is 21.1. The lowest BCUT2D eigenvalue weighted by Gasteiger charge is -2.22. The van der Waals surface area contributed by atoms with E-state index in [1.807, 2.05) is 18.2 Å². The Labute approximate surface area is 161 Å². The number of hydrogen-bond donors (Lipinski definition) is 1. The summed E-state index contributed by atoms with van der Waals surface area (Å²) in [4.78, 5) is 10.2. The zero-order valence-corrected chi connectivity index (χ0v) is 15.2. The molecule has 0 amide bonds. The SMILES string of the molecule is COC1(C#Cc2cccnc2)CCN(c2ccc(-c3nc(CO)no3)nn2)C1. The fourth-order valence-corrected chi connectivity index (χ4v) is 2.95. The van der Waals surface area contributed by atoms with Gasteiger partial charge in [0.2, 0.25) is 0 Å². The molecule has 1 N–H and O–H groups in total. The maximum absolute atomic E-state index is 9.02. The molecule has 9 nitrogen and oxygen atoms in total. The van der Waals surface area contributed by atoms with Crippen molar-refractivity contribution in [2.45, 2.75) is 18.6 Å². The summed E-state index contributed by atoms with van der Waals surface area (Å²) in [5.74, 6) is 7.53. The number of anilines is 1. The Kier molecular flexibility index (Phi) is 4.97. The highest BCUT2D eigenvalue weighted by atomic mass is 16.5. The number of methoxy groups -OCH3 is 1. The van der Waals surface area contributed by atoms with E-state index in [-0.39, 0.29) is 18.3 Å². The number of pyridine rings is 1. The van der Waals surface area contributed by atoms with Gasteiger partial charge in [-0.2, -0.15) is 4.98 Å². The van der Waals surface area contributed by atoms with Gasteiger partial charge in [0.15, 0.2) is 17.3 Å². The molecule has 0 bridgehead atoms. The Bertz CT molecular complexity index is 996. The number of aliphatic hydroxyl groups excluding tert-OH is 1. The minimum absolute atomic E-state index is 0.206. The van der Waals surface area contributed by atoms with Crippen molar-refractivity contribution in [2.24, 2.45) is 0 Å². The molecule has 142 valence electrons. The van der Waals surface area contributed by atoms with Gasteiger partial charge in [0, 0.05) is 38.0 Å². The first kappa shape index (κ1) is 18.0. The molecule has 3 aromatic heterocycles. The molecule has 28 heavy (non-hydrogen) atoms. The standard InChI is InChI=1S/C19H18N6O3/c1-27-19(7-6-14-3-2-9-20-11-14)8-10-25(13-19)17-5-4-15(22-23-17)18-21-16(12-26)24-28-18/h2-5,9,11,26H,8,10,12-13H2,1H3. The molecule has 1 fully saturated rings. The Morgan fingerprint density at radius 3 is 2.93 bits per heavy atom. The molecule has 1 saturated heterocycles. The molecule has 4 rings (SSSR count). The molecule has 1 aliphatic rings. The summed E-state index contributed by atoms with van der Waals surface area (Å²) in [6, 6.07) is 7.37. The van der Waals surface area contributed by atoms with Crippen LogP contribution in [0, 0.1) is 11.8 Å². The first-order valence-corrected chi connectivity index (χ1v) is 8.72. The lowest BCUT2D eigenvalue weighted by molar-refractivity contribution is 0.0602. The average Bonchev–Trinajstić information content (AvgIpc) is 3.41. The molecule has 1 aliphatic heterocycles. The molecular formula is C19H18N6O3. The smallest absolute Gasteiger partial charge is 0.278 e. The summed E-state index contributed by atoms with van der Waals surface area (Å²) in [6.45, 7) is 1.04. The Balaban J connectivity index is 1.49. The summed E-state index contributed by atoms with van der Waals surface area (Å²) >= 11 is 0. The van der Waals surface area contributed by atoms with Gasteiger partial charge < -0.3 is 19.3 Å². The molecule has 0 radical (unpaired) electrons. The topological polar surface area (TPSA) is 110 Å². The highest BCUT2D eigenvalue weighted by molar-refractivity contribution is 5.50. The fourth-order valence-electron chi connectivity index (χ4n) is 2.95. The first-order chi connectivity index (χ1) is 13.7. The van der Waals surface area contributed by atoms with Gasteiger partial charge in [-0.3, -0.25) is 4.98 Å². The summed E-state index contributed by atoms with van der Waals surface area (Å²) in [7, 11) is 1.67. The first-order valence-electron chi connectivity index (χ1n) is 8.72. The molecule has 9 heteroatoms. The summed E-state index contributed by atoms with van der Waals surface area (Å²) < 4.78 is 10.8. The predicted octanol–water partition coefficient (Wildman–Crippen LogP) is 1.06. The highest BCUT2D eigenvalue weighted by Gasteiger charge is 2.37. The van der Waals surface area contributed by atoms with Crippen molar-refractivity contribution in [1.82, 2.24) is 25.3 Å². The van der Waals surface area contributed by atoms with Gasteiger partial charge in [-0.1, -0.05) is 17.0 Å². The largest absolute Gasteiger partial charge is 0.388 e. The molecule has 1 atom stereocenters. The number of rotatable bonds is 4.